The molecular formula is C23H20BrN3O2S. The Bertz CT molecular complexity index is 1320. The van der Waals surface area contributed by atoms with Gasteiger partial charge in [-0.1, -0.05) is 40.2 Å². The van der Waals surface area contributed by atoms with Crippen LogP contribution in [0.3, 0.4) is 0 Å². The molecule has 30 heavy (non-hydrogen) atoms. The monoisotopic (exact) mass is 481 g/mol. The summed E-state index contributed by atoms with van der Waals surface area (Å²) in [7, 11) is 0. The fourth-order valence-corrected chi connectivity index (χ4v) is 4.71. The number of hydrogen-bond donors (Lipinski definition) is 1. The van der Waals surface area contributed by atoms with Crippen LogP contribution in [0.5, 0.6) is 0 Å². The van der Waals surface area contributed by atoms with Gasteiger partial charge in [0.2, 0.25) is 5.91 Å². The summed E-state index contributed by atoms with van der Waals surface area (Å²) >= 11 is 4.94. The van der Waals surface area contributed by atoms with Crippen molar-refractivity contribution >= 4 is 49.1 Å². The number of anilines is 1. The smallest absolute Gasteiger partial charge is 0.263 e. The Kier molecular flexibility index (Phi) is 5.58. The van der Waals surface area contributed by atoms with E-state index in [0.29, 0.717) is 10.2 Å². The largest absolute Gasteiger partial charge is 0.324 e. The standard InChI is InChI=1S/C23H20BrN3O2S/c1-13-5-4-6-18(14(13)2)26-19(28)11-27-12-25-22-21(23(27)29)20(15(3)30-22)16-7-9-17(24)10-8-16/h4-10,12H,11H2,1-3H3,(H,26,28). The maximum absolute atomic E-state index is 13.3. The van der Waals surface area contributed by atoms with Gasteiger partial charge in [0.05, 0.1) is 11.7 Å². The summed E-state index contributed by atoms with van der Waals surface area (Å²) in [6.45, 7) is 5.85. The number of nitrogens with zero attached hydrogens (tertiary/aromatic N) is 2. The van der Waals surface area contributed by atoms with Crippen molar-refractivity contribution in [3.8, 4) is 11.1 Å². The van der Waals surface area contributed by atoms with Gasteiger partial charge in [-0.05, 0) is 55.7 Å². The third kappa shape index (κ3) is 3.82. The molecule has 0 aliphatic heterocycles. The minimum Gasteiger partial charge on any atom is -0.324 e. The molecule has 0 fully saturated rings. The first-order valence-electron chi connectivity index (χ1n) is 9.45. The van der Waals surface area contributed by atoms with Crippen LogP contribution in [0.4, 0.5) is 5.69 Å². The van der Waals surface area contributed by atoms with Crippen molar-refractivity contribution in [2.75, 3.05) is 5.32 Å². The van der Waals surface area contributed by atoms with Crippen molar-refractivity contribution in [2.45, 2.75) is 27.3 Å². The highest BCUT2D eigenvalue weighted by Gasteiger charge is 2.18. The van der Waals surface area contributed by atoms with Crippen LogP contribution in [0, 0.1) is 20.8 Å². The predicted octanol–water partition coefficient (Wildman–Crippen LogP) is 5.45. The maximum Gasteiger partial charge on any atom is 0.263 e. The van der Waals surface area contributed by atoms with Crippen LogP contribution in [-0.2, 0) is 11.3 Å². The van der Waals surface area contributed by atoms with Crippen LogP contribution in [0.25, 0.3) is 21.3 Å². The molecular weight excluding hydrogens is 462 g/mol. The Morgan fingerprint density at radius 3 is 2.60 bits per heavy atom. The summed E-state index contributed by atoms with van der Waals surface area (Å²) < 4.78 is 2.35. The molecule has 2 heterocycles. The summed E-state index contributed by atoms with van der Waals surface area (Å²) in [5, 5.41) is 3.46. The van der Waals surface area contributed by atoms with Crippen LogP contribution < -0.4 is 10.9 Å². The summed E-state index contributed by atoms with van der Waals surface area (Å²) in [6.07, 6.45) is 1.45. The molecule has 0 saturated carbocycles. The number of halogens is 1. The first-order valence-corrected chi connectivity index (χ1v) is 11.1. The predicted molar refractivity (Wildman–Crippen MR) is 126 cm³/mol. The van der Waals surface area contributed by atoms with Gasteiger partial charge < -0.3 is 5.32 Å². The van der Waals surface area contributed by atoms with Crippen molar-refractivity contribution < 1.29 is 4.79 Å². The lowest BCUT2D eigenvalue weighted by atomic mass is 10.0. The fraction of sp³-hybridized carbons (Fsp3) is 0.174. The summed E-state index contributed by atoms with van der Waals surface area (Å²) in [6, 6.07) is 13.6. The van der Waals surface area contributed by atoms with E-state index in [4.69, 9.17) is 0 Å². The number of thiophene rings is 1. The molecule has 152 valence electrons. The fourth-order valence-electron chi connectivity index (χ4n) is 3.45. The number of carbonyl (C=O) groups is 1. The van der Waals surface area contributed by atoms with Crippen molar-refractivity contribution in [2.24, 2.45) is 0 Å². The van der Waals surface area contributed by atoms with Gasteiger partial charge in [-0.3, -0.25) is 14.2 Å². The number of aryl methyl sites for hydroxylation is 2. The highest BCUT2D eigenvalue weighted by molar-refractivity contribution is 9.10. The molecule has 4 rings (SSSR count). The first kappa shape index (κ1) is 20.5. The Morgan fingerprint density at radius 1 is 1.13 bits per heavy atom. The second-order valence-corrected chi connectivity index (χ2v) is 9.31. The minimum absolute atomic E-state index is 0.0934. The van der Waals surface area contributed by atoms with E-state index in [2.05, 4.69) is 26.2 Å². The average Bonchev–Trinajstić information content (AvgIpc) is 3.05. The number of nitrogens with one attached hydrogen (secondary N) is 1. The molecule has 0 saturated heterocycles. The normalized spacial score (nSPS) is 11.1. The molecule has 1 amide bonds. The van der Waals surface area contributed by atoms with Crippen molar-refractivity contribution in [1.29, 1.82) is 0 Å². The van der Waals surface area contributed by atoms with Crippen molar-refractivity contribution in [1.82, 2.24) is 9.55 Å². The molecule has 0 bridgehead atoms. The lowest BCUT2D eigenvalue weighted by Gasteiger charge is -2.11. The van der Waals surface area contributed by atoms with Gasteiger partial charge in [0.15, 0.2) is 0 Å². The van der Waals surface area contributed by atoms with Gasteiger partial charge >= 0.3 is 0 Å². The third-order valence-electron chi connectivity index (χ3n) is 5.18. The van der Waals surface area contributed by atoms with Crippen LogP contribution in [-0.4, -0.2) is 15.5 Å². The number of hydrogen-bond acceptors (Lipinski definition) is 4. The van der Waals surface area contributed by atoms with E-state index >= 15 is 0 Å². The lowest BCUT2D eigenvalue weighted by Crippen LogP contribution is -2.28. The highest BCUT2D eigenvalue weighted by Crippen LogP contribution is 2.35. The van der Waals surface area contributed by atoms with Gasteiger partial charge in [0, 0.05) is 20.6 Å². The van der Waals surface area contributed by atoms with Crippen LogP contribution in [0.1, 0.15) is 16.0 Å². The molecule has 5 nitrogen and oxygen atoms in total. The summed E-state index contributed by atoms with van der Waals surface area (Å²) in [5.41, 5.74) is 4.49. The van der Waals surface area contributed by atoms with Crippen molar-refractivity contribution in [3.63, 3.8) is 0 Å². The highest BCUT2D eigenvalue weighted by atomic mass is 79.9. The maximum atomic E-state index is 13.3. The molecule has 0 unspecified atom stereocenters. The zero-order chi connectivity index (χ0) is 21.4. The van der Waals surface area contributed by atoms with Gasteiger partial charge in [0.1, 0.15) is 11.4 Å². The molecule has 0 aliphatic carbocycles. The molecule has 0 radical (unpaired) electrons. The molecule has 2 aromatic carbocycles. The Hall–Kier alpha value is -2.77. The van der Waals surface area contributed by atoms with E-state index in [1.807, 2.05) is 63.2 Å². The molecule has 1 N–H and O–H groups in total. The average molecular weight is 482 g/mol. The van der Waals surface area contributed by atoms with Gasteiger partial charge in [-0.15, -0.1) is 11.3 Å². The number of rotatable bonds is 4. The second kappa shape index (κ2) is 8.16. The first-order chi connectivity index (χ1) is 14.3. The van der Waals surface area contributed by atoms with Crippen LogP contribution in [0.15, 0.2) is 58.1 Å². The molecule has 7 heteroatoms. The van der Waals surface area contributed by atoms with E-state index in [9.17, 15) is 9.59 Å². The minimum atomic E-state index is -0.260. The van der Waals surface area contributed by atoms with Crippen molar-refractivity contribution in [3.05, 3.63) is 79.6 Å². The number of fused-ring (bicyclic) bond motifs is 1. The summed E-state index contributed by atoms with van der Waals surface area (Å²) in [5.74, 6) is -0.260. The van der Waals surface area contributed by atoms with E-state index in [1.165, 1.54) is 22.2 Å². The Morgan fingerprint density at radius 2 is 1.87 bits per heavy atom. The number of aromatic nitrogens is 2. The van der Waals surface area contributed by atoms with Gasteiger partial charge in [-0.25, -0.2) is 4.98 Å². The van der Waals surface area contributed by atoms with Gasteiger partial charge in [0.25, 0.3) is 5.56 Å². The van der Waals surface area contributed by atoms with Gasteiger partial charge in [-0.2, -0.15) is 0 Å². The molecule has 0 aliphatic rings. The SMILES string of the molecule is Cc1cccc(NC(=O)Cn2cnc3sc(C)c(-c4ccc(Br)cc4)c3c2=O)c1C. The third-order valence-corrected chi connectivity index (χ3v) is 6.72. The van der Waals surface area contributed by atoms with E-state index in [0.717, 1.165) is 37.3 Å². The number of amides is 1. The van der Waals surface area contributed by atoms with E-state index < -0.39 is 0 Å². The van der Waals surface area contributed by atoms with Crippen LogP contribution >= 0.6 is 27.3 Å². The molecule has 2 aromatic heterocycles. The summed E-state index contributed by atoms with van der Waals surface area (Å²) in [4.78, 5) is 32.0. The number of carbonyl (C=O) groups excluding carboxylic acids is 1. The zero-order valence-corrected chi connectivity index (χ0v) is 19.2. The topological polar surface area (TPSA) is 64.0 Å². The van der Waals surface area contributed by atoms with Crippen LogP contribution in [0.2, 0.25) is 0 Å². The molecule has 0 spiro atoms. The quantitative estimate of drug-likeness (QED) is 0.421. The van der Waals surface area contributed by atoms with E-state index in [1.54, 1.807) is 0 Å². The number of benzene rings is 2. The van der Waals surface area contributed by atoms with E-state index in [-0.39, 0.29) is 18.0 Å². The second-order valence-electron chi connectivity index (χ2n) is 7.19. The Labute approximate surface area is 186 Å². The molecule has 0 atom stereocenters. The lowest BCUT2D eigenvalue weighted by molar-refractivity contribution is -0.116. The zero-order valence-electron chi connectivity index (χ0n) is 16.8. The Balaban J connectivity index is 1.70. The molecule has 4 aromatic rings.